The first-order chi connectivity index (χ1) is 12.8. The lowest BCUT2D eigenvalue weighted by molar-refractivity contribution is 0.0516. The number of fused-ring (bicyclic) bond motifs is 1. The number of esters is 1. The maximum atomic E-state index is 12.5. The third-order valence-electron chi connectivity index (χ3n) is 4.35. The summed E-state index contributed by atoms with van der Waals surface area (Å²) in [6.07, 6.45) is 0.428. The third-order valence-corrected chi connectivity index (χ3v) is 6.49. The Morgan fingerprint density at radius 3 is 2.56 bits per heavy atom. The predicted octanol–water partition coefficient (Wildman–Crippen LogP) is 1.87. The van der Waals surface area contributed by atoms with Gasteiger partial charge in [-0.1, -0.05) is 11.6 Å². The van der Waals surface area contributed by atoms with E-state index in [-0.39, 0.29) is 18.8 Å². The summed E-state index contributed by atoms with van der Waals surface area (Å²) >= 11 is 5.96. The van der Waals surface area contributed by atoms with Crippen molar-refractivity contribution in [3.8, 4) is 5.69 Å². The SMILES string of the molecule is CCOC(=O)c1nn(-c2ccc(Cl)cc2)c2c1CN(S(=O)(=O)N(C)C)CC2. The highest BCUT2D eigenvalue weighted by Gasteiger charge is 2.34. The summed E-state index contributed by atoms with van der Waals surface area (Å²) in [7, 11) is -0.638. The minimum atomic E-state index is -3.60. The Hall–Kier alpha value is -1.94. The Labute approximate surface area is 163 Å². The Bertz CT molecular complexity index is 954. The van der Waals surface area contributed by atoms with Gasteiger partial charge in [0.1, 0.15) is 0 Å². The lowest BCUT2D eigenvalue weighted by atomic mass is 10.1. The molecule has 0 radical (unpaired) electrons. The molecule has 146 valence electrons. The highest BCUT2D eigenvalue weighted by molar-refractivity contribution is 7.86. The van der Waals surface area contributed by atoms with Gasteiger partial charge < -0.3 is 4.74 Å². The molecule has 0 bridgehead atoms. The summed E-state index contributed by atoms with van der Waals surface area (Å²) in [5.74, 6) is -0.564. The van der Waals surface area contributed by atoms with Crippen molar-refractivity contribution in [1.29, 1.82) is 0 Å². The van der Waals surface area contributed by atoms with Gasteiger partial charge in [0.05, 0.1) is 18.0 Å². The maximum absolute atomic E-state index is 12.5. The quantitative estimate of drug-likeness (QED) is 0.700. The molecule has 0 N–H and O–H groups in total. The molecular weight excluding hydrogens is 392 g/mol. The molecule has 2 heterocycles. The van der Waals surface area contributed by atoms with Gasteiger partial charge in [0.25, 0.3) is 10.2 Å². The number of hydrogen-bond acceptors (Lipinski definition) is 5. The summed E-state index contributed by atoms with van der Waals surface area (Å²) in [5, 5.41) is 5.03. The molecule has 3 rings (SSSR count). The van der Waals surface area contributed by atoms with Crippen molar-refractivity contribution in [1.82, 2.24) is 18.4 Å². The minimum Gasteiger partial charge on any atom is -0.461 e. The second-order valence-electron chi connectivity index (χ2n) is 6.26. The molecule has 0 atom stereocenters. The molecule has 1 aromatic heterocycles. The number of benzene rings is 1. The molecule has 8 nitrogen and oxygen atoms in total. The normalized spacial score (nSPS) is 15.0. The third kappa shape index (κ3) is 3.73. The van der Waals surface area contributed by atoms with Gasteiger partial charge in [0.2, 0.25) is 0 Å². The van der Waals surface area contributed by atoms with Gasteiger partial charge in [-0.05, 0) is 31.2 Å². The zero-order valence-electron chi connectivity index (χ0n) is 15.3. The van der Waals surface area contributed by atoms with Gasteiger partial charge in [-0.15, -0.1) is 0 Å². The lowest BCUT2D eigenvalue weighted by Crippen LogP contribution is -2.43. The van der Waals surface area contributed by atoms with Crippen molar-refractivity contribution in [2.75, 3.05) is 27.2 Å². The van der Waals surface area contributed by atoms with Crippen molar-refractivity contribution in [2.24, 2.45) is 0 Å². The van der Waals surface area contributed by atoms with Crippen molar-refractivity contribution in [3.05, 3.63) is 46.2 Å². The molecule has 10 heteroatoms. The van der Waals surface area contributed by atoms with E-state index in [4.69, 9.17) is 16.3 Å². The van der Waals surface area contributed by atoms with Gasteiger partial charge >= 0.3 is 5.97 Å². The van der Waals surface area contributed by atoms with Crippen LogP contribution in [0.5, 0.6) is 0 Å². The highest BCUT2D eigenvalue weighted by Crippen LogP contribution is 2.28. The summed E-state index contributed by atoms with van der Waals surface area (Å²) in [5.41, 5.74) is 2.25. The number of carbonyl (C=O) groups is 1. The molecule has 1 aliphatic rings. The second kappa shape index (κ2) is 7.59. The zero-order valence-corrected chi connectivity index (χ0v) is 16.9. The van der Waals surface area contributed by atoms with E-state index in [1.165, 1.54) is 18.4 Å². The van der Waals surface area contributed by atoms with Crippen LogP contribution in [0.1, 0.15) is 28.7 Å². The fraction of sp³-hybridized carbons (Fsp3) is 0.412. The second-order valence-corrected chi connectivity index (χ2v) is 8.84. The van der Waals surface area contributed by atoms with E-state index in [9.17, 15) is 13.2 Å². The van der Waals surface area contributed by atoms with E-state index in [2.05, 4.69) is 5.10 Å². The van der Waals surface area contributed by atoms with Crippen LogP contribution in [0, 0.1) is 0 Å². The van der Waals surface area contributed by atoms with Gasteiger partial charge in [-0.25, -0.2) is 9.48 Å². The lowest BCUT2D eigenvalue weighted by Gasteiger charge is -2.29. The van der Waals surface area contributed by atoms with Gasteiger partial charge in [0, 0.05) is 44.2 Å². The average Bonchev–Trinajstić information content (AvgIpc) is 3.01. The van der Waals surface area contributed by atoms with Crippen LogP contribution in [-0.4, -0.2) is 60.0 Å². The number of halogens is 1. The van der Waals surface area contributed by atoms with Crippen molar-refractivity contribution in [2.45, 2.75) is 19.9 Å². The van der Waals surface area contributed by atoms with Crippen LogP contribution in [0.2, 0.25) is 5.02 Å². The molecule has 1 aliphatic heterocycles. The van der Waals surface area contributed by atoms with E-state index in [1.807, 2.05) is 0 Å². The predicted molar refractivity (Wildman–Crippen MR) is 101 cm³/mol. The topological polar surface area (TPSA) is 84.7 Å². The summed E-state index contributed by atoms with van der Waals surface area (Å²) in [6.45, 7) is 2.29. The average molecular weight is 413 g/mol. The molecule has 1 aromatic carbocycles. The van der Waals surface area contributed by atoms with Gasteiger partial charge in [-0.2, -0.15) is 22.1 Å². The van der Waals surface area contributed by atoms with E-state index in [0.717, 1.165) is 15.7 Å². The van der Waals surface area contributed by atoms with Crippen LogP contribution in [-0.2, 0) is 27.9 Å². The molecule has 0 saturated heterocycles. The number of rotatable bonds is 5. The number of nitrogens with zero attached hydrogens (tertiary/aromatic N) is 4. The molecule has 0 saturated carbocycles. The summed E-state index contributed by atoms with van der Waals surface area (Å²) < 4.78 is 34.3. The molecule has 0 fully saturated rings. The molecule has 0 amide bonds. The molecule has 0 spiro atoms. The van der Waals surface area contributed by atoms with Gasteiger partial charge in [-0.3, -0.25) is 0 Å². The maximum Gasteiger partial charge on any atom is 0.359 e. The molecule has 2 aromatic rings. The van der Waals surface area contributed by atoms with Gasteiger partial charge in [0.15, 0.2) is 5.69 Å². The minimum absolute atomic E-state index is 0.0670. The van der Waals surface area contributed by atoms with E-state index >= 15 is 0 Å². The summed E-state index contributed by atoms with van der Waals surface area (Å²) in [6, 6.07) is 7.07. The van der Waals surface area contributed by atoms with Crippen LogP contribution in [0.25, 0.3) is 5.69 Å². The first kappa shape index (κ1) is 19.8. The highest BCUT2D eigenvalue weighted by atomic mass is 35.5. The molecule has 27 heavy (non-hydrogen) atoms. The van der Waals surface area contributed by atoms with Crippen LogP contribution in [0.4, 0.5) is 0 Å². The molecular formula is C17H21ClN4O4S. The number of carbonyl (C=O) groups excluding carboxylic acids is 1. The monoisotopic (exact) mass is 412 g/mol. The van der Waals surface area contributed by atoms with Crippen LogP contribution in [0.15, 0.2) is 24.3 Å². The Balaban J connectivity index is 2.08. The number of hydrogen-bond donors (Lipinski definition) is 0. The van der Waals surface area contributed by atoms with E-state index in [0.29, 0.717) is 23.6 Å². The van der Waals surface area contributed by atoms with Crippen molar-refractivity contribution in [3.63, 3.8) is 0 Å². The zero-order chi connectivity index (χ0) is 19.8. The largest absolute Gasteiger partial charge is 0.461 e. The molecule has 0 aliphatic carbocycles. The van der Waals surface area contributed by atoms with Crippen LogP contribution >= 0.6 is 11.6 Å². The number of ether oxygens (including phenoxy) is 1. The Morgan fingerprint density at radius 2 is 1.96 bits per heavy atom. The van der Waals surface area contributed by atoms with E-state index in [1.54, 1.807) is 35.9 Å². The molecule has 0 unspecified atom stereocenters. The fourth-order valence-corrected chi connectivity index (χ4v) is 4.18. The van der Waals surface area contributed by atoms with Crippen molar-refractivity contribution >= 4 is 27.8 Å². The number of aromatic nitrogens is 2. The Kier molecular flexibility index (Phi) is 5.57. The fourth-order valence-electron chi connectivity index (χ4n) is 2.98. The van der Waals surface area contributed by atoms with E-state index < -0.39 is 16.2 Å². The smallest absolute Gasteiger partial charge is 0.359 e. The van der Waals surface area contributed by atoms with Crippen LogP contribution < -0.4 is 0 Å². The Morgan fingerprint density at radius 1 is 1.30 bits per heavy atom. The first-order valence-corrected chi connectivity index (χ1v) is 10.2. The van der Waals surface area contributed by atoms with Crippen LogP contribution in [0.3, 0.4) is 0 Å². The standard InChI is InChI=1S/C17H21ClN4O4S/c1-4-26-17(23)16-14-11-21(27(24,25)20(2)3)10-9-15(14)22(19-16)13-7-5-12(18)6-8-13/h5-8H,4,9-11H2,1-3H3. The van der Waals surface area contributed by atoms with Crippen molar-refractivity contribution < 1.29 is 17.9 Å². The summed E-state index contributed by atoms with van der Waals surface area (Å²) in [4.78, 5) is 12.4. The first-order valence-electron chi connectivity index (χ1n) is 8.47.